The summed E-state index contributed by atoms with van der Waals surface area (Å²) < 4.78 is 13.8. The Labute approximate surface area is 228 Å². The van der Waals surface area contributed by atoms with Crippen LogP contribution in [0.2, 0.25) is 0 Å². The van der Waals surface area contributed by atoms with Crippen LogP contribution in [0.4, 0.5) is 4.39 Å². The maximum atomic E-state index is 13.9. The highest BCUT2D eigenvalue weighted by Crippen LogP contribution is 2.43. The van der Waals surface area contributed by atoms with Crippen molar-refractivity contribution < 1.29 is 28.4 Å². The van der Waals surface area contributed by atoms with Crippen LogP contribution in [0.25, 0.3) is 0 Å². The molecule has 0 bridgehead atoms. The largest absolute Gasteiger partial charge is 0.356 e. The van der Waals surface area contributed by atoms with Crippen molar-refractivity contribution >= 4 is 41.1 Å². The molecule has 3 fully saturated rings. The number of nitrogens with zero attached hydrogens (tertiary/aromatic N) is 2. The molecule has 12 heteroatoms. The molecule has 10 nitrogen and oxygen atoms in total. The van der Waals surface area contributed by atoms with Gasteiger partial charge in [0.25, 0.3) is 17.4 Å². The first-order valence-electron chi connectivity index (χ1n) is 13.5. The molecule has 2 heterocycles. The third-order valence-corrected chi connectivity index (χ3v) is 8.34. The van der Waals surface area contributed by atoms with Gasteiger partial charge in [0.15, 0.2) is 0 Å². The maximum Gasteiger partial charge on any atom is 0.291 e. The Morgan fingerprint density at radius 1 is 1.21 bits per heavy atom. The number of carbonyl (C=O) groups excluding carboxylic acids is 5. The standard InChI is InChI=1S/C26H41ClFN5O5/c1-6-14(2)18(30-25(38)26(3,4)5)23(36)32-12-15-8-7-9-17(15)19(32)22(35)31-33(24(37)20(27)28)13-16-10-11-29-21(16)34/h14-20H,6-13H2,1-5H3,(H,29,34)(H,30,38)(H,31,35)/t14-,15-,16-,17-,18-,19-,20-/m0/s1. The number of alkyl halides is 2. The molecule has 0 radical (unpaired) electrons. The molecule has 0 spiro atoms. The van der Waals surface area contributed by atoms with Crippen LogP contribution in [0.3, 0.4) is 0 Å². The smallest absolute Gasteiger partial charge is 0.291 e. The van der Waals surface area contributed by atoms with Crippen molar-refractivity contribution in [2.24, 2.45) is 29.1 Å². The number of hydrogen-bond acceptors (Lipinski definition) is 5. The lowest BCUT2D eigenvalue weighted by atomic mass is 9.91. The van der Waals surface area contributed by atoms with Gasteiger partial charge in [-0.05, 0) is 37.0 Å². The third-order valence-electron chi connectivity index (χ3n) is 8.15. The van der Waals surface area contributed by atoms with E-state index in [-0.39, 0.29) is 42.0 Å². The van der Waals surface area contributed by atoms with Crippen molar-refractivity contribution in [1.29, 1.82) is 0 Å². The van der Waals surface area contributed by atoms with E-state index in [1.807, 2.05) is 13.8 Å². The van der Waals surface area contributed by atoms with Gasteiger partial charge in [0.05, 0.1) is 12.5 Å². The highest BCUT2D eigenvalue weighted by Gasteiger charge is 2.51. The summed E-state index contributed by atoms with van der Waals surface area (Å²) >= 11 is 5.42. The first-order chi connectivity index (χ1) is 17.8. The van der Waals surface area contributed by atoms with Gasteiger partial charge in [0.2, 0.25) is 17.7 Å². The average molecular weight is 558 g/mol. The summed E-state index contributed by atoms with van der Waals surface area (Å²) in [7, 11) is 0. The highest BCUT2D eigenvalue weighted by atomic mass is 35.5. The molecule has 1 aliphatic carbocycles. The molecule has 214 valence electrons. The Morgan fingerprint density at radius 2 is 1.89 bits per heavy atom. The number of carbonyl (C=O) groups is 5. The summed E-state index contributed by atoms with van der Waals surface area (Å²) in [6.07, 6.45) is 3.57. The van der Waals surface area contributed by atoms with Crippen LogP contribution in [-0.4, -0.2) is 76.8 Å². The van der Waals surface area contributed by atoms with Gasteiger partial charge in [0, 0.05) is 18.5 Å². The molecule has 3 rings (SSSR count). The summed E-state index contributed by atoms with van der Waals surface area (Å²) in [4.78, 5) is 66.6. The van der Waals surface area contributed by atoms with Crippen molar-refractivity contribution in [3.05, 3.63) is 0 Å². The minimum absolute atomic E-state index is 0.109. The number of halogens is 2. The fourth-order valence-electron chi connectivity index (χ4n) is 5.64. The van der Waals surface area contributed by atoms with Crippen LogP contribution < -0.4 is 16.1 Å². The minimum atomic E-state index is -2.40. The molecule has 1 saturated carbocycles. The van der Waals surface area contributed by atoms with Gasteiger partial charge < -0.3 is 15.5 Å². The Balaban J connectivity index is 1.86. The molecule has 2 aliphatic heterocycles. The fourth-order valence-corrected chi connectivity index (χ4v) is 5.75. The van der Waals surface area contributed by atoms with E-state index in [0.717, 1.165) is 24.3 Å². The van der Waals surface area contributed by atoms with E-state index < -0.39 is 40.9 Å². The number of fused-ring (bicyclic) bond motifs is 1. The first kappa shape index (κ1) is 30.1. The molecule has 3 aliphatic rings. The van der Waals surface area contributed by atoms with Gasteiger partial charge in [-0.1, -0.05) is 59.1 Å². The Kier molecular flexibility index (Phi) is 9.65. The van der Waals surface area contributed by atoms with E-state index in [2.05, 4.69) is 16.1 Å². The van der Waals surface area contributed by atoms with Crippen LogP contribution in [0.1, 0.15) is 66.7 Å². The number of hydrazine groups is 1. The number of nitrogens with one attached hydrogen (secondary N) is 3. The minimum Gasteiger partial charge on any atom is -0.356 e. The van der Waals surface area contributed by atoms with Crippen LogP contribution in [0, 0.1) is 29.1 Å². The van der Waals surface area contributed by atoms with Gasteiger partial charge in [-0.3, -0.25) is 29.4 Å². The lowest BCUT2D eigenvalue weighted by Crippen LogP contribution is -2.60. The van der Waals surface area contributed by atoms with Crippen LogP contribution in [-0.2, 0) is 24.0 Å². The van der Waals surface area contributed by atoms with Crippen LogP contribution >= 0.6 is 11.6 Å². The van der Waals surface area contributed by atoms with Crippen molar-refractivity contribution in [2.45, 2.75) is 84.4 Å². The Hall–Kier alpha value is -2.43. The van der Waals surface area contributed by atoms with E-state index in [0.29, 0.717) is 25.9 Å². The number of rotatable bonds is 8. The molecular formula is C26H41ClFN5O5. The predicted molar refractivity (Wildman–Crippen MR) is 139 cm³/mol. The van der Waals surface area contributed by atoms with Crippen LogP contribution in [0.5, 0.6) is 0 Å². The average Bonchev–Trinajstić information content (AvgIpc) is 3.56. The second-order valence-corrected chi connectivity index (χ2v) is 12.3. The van der Waals surface area contributed by atoms with E-state index >= 15 is 0 Å². The molecule has 0 aromatic carbocycles. The molecule has 0 unspecified atom stereocenters. The lowest BCUT2D eigenvalue weighted by Gasteiger charge is -2.35. The lowest BCUT2D eigenvalue weighted by molar-refractivity contribution is -0.150. The quantitative estimate of drug-likeness (QED) is 0.309. The van der Waals surface area contributed by atoms with Gasteiger partial charge in [-0.2, -0.15) is 0 Å². The first-order valence-corrected chi connectivity index (χ1v) is 14.0. The highest BCUT2D eigenvalue weighted by molar-refractivity contribution is 6.29. The summed E-state index contributed by atoms with van der Waals surface area (Å²) in [5, 5.41) is 6.33. The zero-order valence-corrected chi connectivity index (χ0v) is 23.6. The van der Waals surface area contributed by atoms with Crippen LogP contribution in [0.15, 0.2) is 0 Å². The number of hydrogen-bond donors (Lipinski definition) is 3. The topological polar surface area (TPSA) is 128 Å². The van der Waals surface area contributed by atoms with E-state index in [4.69, 9.17) is 11.6 Å². The Morgan fingerprint density at radius 3 is 2.45 bits per heavy atom. The molecule has 3 N–H and O–H groups in total. The normalized spacial score (nSPS) is 27.2. The monoisotopic (exact) mass is 557 g/mol. The Bertz CT molecular complexity index is 941. The molecule has 0 aromatic rings. The van der Waals surface area contributed by atoms with Gasteiger partial charge in [-0.25, -0.2) is 9.40 Å². The molecule has 5 amide bonds. The summed E-state index contributed by atoms with van der Waals surface area (Å²) in [6, 6.07) is -1.71. The third kappa shape index (κ3) is 6.58. The summed E-state index contributed by atoms with van der Waals surface area (Å²) in [5.74, 6) is -3.51. The molecule has 2 saturated heterocycles. The van der Waals surface area contributed by atoms with Crippen molar-refractivity contribution in [3.8, 4) is 0 Å². The SMILES string of the molecule is CC[C@H](C)[C@H](NC(=O)C(C)(C)C)C(=O)N1C[C@@H]2CCC[C@@H]2[C@H]1C(=O)NN(C[C@@H]1CCNC1=O)C(=O)[C@H](F)Cl. The second kappa shape index (κ2) is 12.2. The van der Waals surface area contributed by atoms with Gasteiger partial charge >= 0.3 is 0 Å². The zero-order chi connectivity index (χ0) is 28.4. The number of amides is 5. The molecular weight excluding hydrogens is 517 g/mol. The van der Waals surface area contributed by atoms with E-state index in [1.54, 1.807) is 20.8 Å². The fraction of sp³-hybridized carbons (Fsp3) is 0.808. The van der Waals surface area contributed by atoms with Crippen molar-refractivity contribution in [3.63, 3.8) is 0 Å². The second-order valence-electron chi connectivity index (χ2n) is 11.9. The molecule has 7 atom stereocenters. The van der Waals surface area contributed by atoms with E-state index in [1.165, 1.54) is 4.90 Å². The maximum absolute atomic E-state index is 13.9. The predicted octanol–water partition coefficient (Wildman–Crippen LogP) is 1.72. The molecule has 38 heavy (non-hydrogen) atoms. The van der Waals surface area contributed by atoms with E-state index in [9.17, 15) is 28.4 Å². The van der Waals surface area contributed by atoms with Gasteiger partial charge in [-0.15, -0.1) is 0 Å². The van der Waals surface area contributed by atoms with Crippen molar-refractivity contribution in [2.75, 3.05) is 19.6 Å². The van der Waals surface area contributed by atoms with Crippen molar-refractivity contribution in [1.82, 2.24) is 26.0 Å². The summed E-state index contributed by atoms with van der Waals surface area (Å²) in [5.41, 5.74) is -0.615. The summed E-state index contributed by atoms with van der Waals surface area (Å²) in [6.45, 7) is 9.67. The van der Waals surface area contributed by atoms with Gasteiger partial charge in [0.1, 0.15) is 12.1 Å². The zero-order valence-electron chi connectivity index (χ0n) is 22.9. The number of likely N-dealkylation sites (tertiary alicyclic amines) is 1. The molecule has 0 aromatic heterocycles.